The van der Waals surface area contributed by atoms with Gasteiger partial charge >= 0.3 is 0 Å². The Balaban J connectivity index is 2.07. The molecule has 1 fully saturated rings. The monoisotopic (exact) mass is 368 g/mol. The Kier molecular flexibility index (Phi) is 5.92. The Morgan fingerprint density at radius 2 is 2.17 bits per heavy atom. The fourth-order valence-electron chi connectivity index (χ4n) is 2.39. The predicted octanol–water partition coefficient (Wildman–Crippen LogP) is 1.79. The minimum atomic E-state index is -3.28. The Morgan fingerprint density at radius 1 is 1.46 bits per heavy atom. The van der Waals surface area contributed by atoms with E-state index >= 15 is 0 Å². The second kappa shape index (κ2) is 7.56. The van der Waals surface area contributed by atoms with E-state index in [2.05, 4.69) is 5.32 Å². The number of carbonyl (C=O) groups excluding carboxylic acids is 1. The van der Waals surface area contributed by atoms with Crippen molar-refractivity contribution in [3.63, 3.8) is 0 Å². The number of hydrogen-bond donors (Lipinski definition) is 2. The number of carbonyl (C=O) groups is 1. The maximum absolute atomic E-state index is 13.5. The number of rotatable bonds is 6. The lowest BCUT2D eigenvalue weighted by Crippen LogP contribution is -2.33. The number of aryl methyl sites for hydroxylation is 1. The van der Waals surface area contributed by atoms with Crippen molar-refractivity contribution in [2.24, 2.45) is 0 Å². The third-order valence-corrected chi connectivity index (χ3v) is 5.32. The maximum Gasteiger partial charge on any atom is 0.286 e. The van der Waals surface area contributed by atoms with Gasteiger partial charge in [0.15, 0.2) is 5.82 Å². The highest BCUT2D eigenvalue weighted by Crippen LogP contribution is 2.42. The van der Waals surface area contributed by atoms with Crippen LogP contribution in [0.1, 0.15) is 12.8 Å². The lowest BCUT2D eigenvalue weighted by Gasteiger charge is -2.20. The molecule has 1 aromatic rings. The van der Waals surface area contributed by atoms with Crippen molar-refractivity contribution in [2.45, 2.75) is 35.8 Å². The number of aromatic nitrogens is 1. The standard InChI is InChI=1S/C14H16F4N2O3S/c15-3-4-20-6-8(5-9(16)13(20)23)19-12(22)10-1-2-11(24-10)14(17,18)7-21/h5-6,10-11,21H,1-4,7H2,(H,19,22). The first-order valence-corrected chi connectivity index (χ1v) is 8.13. The molecule has 1 aromatic heterocycles. The fourth-order valence-corrected chi connectivity index (χ4v) is 3.79. The smallest absolute Gasteiger partial charge is 0.286 e. The summed E-state index contributed by atoms with van der Waals surface area (Å²) in [6.45, 7) is -2.53. The molecule has 24 heavy (non-hydrogen) atoms. The van der Waals surface area contributed by atoms with Crippen molar-refractivity contribution < 1.29 is 27.5 Å². The Labute approximate surface area is 139 Å². The molecule has 2 N–H and O–H groups in total. The van der Waals surface area contributed by atoms with Gasteiger partial charge in [-0.25, -0.2) is 17.6 Å². The first-order chi connectivity index (χ1) is 11.3. The van der Waals surface area contributed by atoms with Crippen LogP contribution in [0.15, 0.2) is 17.1 Å². The van der Waals surface area contributed by atoms with E-state index in [9.17, 15) is 27.2 Å². The molecule has 0 aliphatic carbocycles. The molecule has 2 heterocycles. The molecule has 5 nitrogen and oxygen atoms in total. The molecule has 134 valence electrons. The van der Waals surface area contributed by atoms with Gasteiger partial charge in [0.05, 0.1) is 22.7 Å². The van der Waals surface area contributed by atoms with Crippen LogP contribution >= 0.6 is 11.8 Å². The lowest BCUT2D eigenvalue weighted by atomic mass is 10.1. The summed E-state index contributed by atoms with van der Waals surface area (Å²) < 4.78 is 53.5. The van der Waals surface area contributed by atoms with Gasteiger partial charge in [0.1, 0.15) is 13.3 Å². The second-order valence-electron chi connectivity index (χ2n) is 5.36. The molecule has 0 radical (unpaired) electrons. The van der Waals surface area contributed by atoms with Crippen molar-refractivity contribution in [3.8, 4) is 0 Å². The van der Waals surface area contributed by atoms with E-state index in [1.807, 2.05) is 0 Å². The number of anilines is 1. The summed E-state index contributed by atoms with van der Waals surface area (Å²) in [6, 6.07) is 0.800. The zero-order valence-corrected chi connectivity index (χ0v) is 13.3. The molecule has 10 heteroatoms. The number of alkyl halides is 3. The third-order valence-electron chi connectivity index (χ3n) is 3.63. The van der Waals surface area contributed by atoms with Crippen LogP contribution in [0, 0.1) is 5.82 Å². The SMILES string of the molecule is O=C(Nc1cc(F)c(=O)n(CCF)c1)C1CCC(C(F)(F)CO)S1. The molecule has 1 amide bonds. The molecule has 2 unspecified atom stereocenters. The topological polar surface area (TPSA) is 71.3 Å². The molecule has 1 saturated heterocycles. The van der Waals surface area contributed by atoms with Gasteiger partial charge in [-0.15, -0.1) is 11.8 Å². The summed E-state index contributed by atoms with van der Waals surface area (Å²) in [5.74, 6) is -5.04. The van der Waals surface area contributed by atoms with E-state index in [1.165, 1.54) is 0 Å². The van der Waals surface area contributed by atoms with Crippen LogP contribution in [0.25, 0.3) is 0 Å². The van der Waals surface area contributed by atoms with Crippen molar-refractivity contribution in [3.05, 3.63) is 28.4 Å². The van der Waals surface area contributed by atoms with Gasteiger partial charge in [-0.3, -0.25) is 9.59 Å². The molecule has 0 bridgehead atoms. The number of nitrogens with one attached hydrogen (secondary N) is 1. The van der Waals surface area contributed by atoms with Crippen molar-refractivity contribution in [1.82, 2.24) is 4.57 Å². The first kappa shape index (κ1) is 18.8. The minimum Gasteiger partial charge on any atom is -0.390 e. The summed E-state index contributed by atoms with van der Waals surface area (Å²) in [7, 11) is 0. The Hall–Kier alpha value is -1.55. The quantitative estimate of drug-likeness (QED) is 0.751. The lowest BCUT2D eigenvalue weighted by molar-refractivity contribution is -0.115. The van der Waals surface area contributed by atoms with Gasteiger partial charge < -0.3 is 15.0 Å². The van der Waals surface area contributed by atoms with Crippen LogP contribution in [0.5, 0.6) is 0 Å². The Morgan fingerprint density at radius 3 is 2.79 bits per heavy atom. The van der Waals surface area contributed by atoms with Crippen molar-refractivity contribution >= 4 is 23.4 Å². The number of aliphatic hydroxyl groups is 1. The first-order valence-electron chi connectivity index (χ1n) is 7.19. The van der Waals surface area contributed by atoms with Crippen LogP contribution in [-0.4, -0.2) is 45.3 Å². The van der Waals surface area contributed by atoms with E-state index in [-0.39, 0.29) is 25.1 Å². The largest absolute Gasteiger partial charge is 0.390 e. The highest BCUT2D eigenvalue weighted by molar-refractivity contribution is 8.01. The molecule has 1 aliphatic heterocycles. The van der Waals surface area contributed by atoms with E-state index in [0.29, 0.717) is 0 Å². The van der Waals surface area contributed by atoms with Gasteiger partial charge in [-0.2, -0.15) is 0 Å². The predicted molar refractivity (Wildman–Crippen MR) is 81.7 cm³/mol. The van der Waals surface area contributed by atoms with Gasteiger partial charge in [0.25, 0.3) is 11.5 Å². The highest BCUT2D eigenvalue weighted by atomic mass is 32.2. The van der Waals surface area contributed by atoms with Crippen LogP contribution < -0.4 is 10.9 Å². The summed E-state index contributed by atoms with van der Waals surface area (Å²) in [5.41, 5.74) is -1.06. The number of halogens is 4. The zero-order chi connectivity index (χ0) is 17.9. The van der Waals surface area contributed by atoms with Crippen LogP contribution in [0.4, 0.5) is 23.2 Å². The van der Waals surface area contributed by atoms with Gasteiger partial charge in [-0.05, 0) is 12.8 Å². The molecular formula is C14H16F4N2O3S. The van der Waals surface area contributed by atoms with E-state index in [4.69, 9.17) is 5.11 Å². The van der Waals surface area contributed by atoms with Crippen molar-refractivity contribution in [1.29, 1.82) is 0 Å². The molecule has 0 aromatic carbocycles. The fraction of sp³-hybridized carbons (Fsp3) is 0.571. The molecule has 0 saturated carbocycles. The summed E-state index contributed by atoms with van der Waals surface area (Å²) in [5, 5.41) is 9.08. The van der Waals surface area contributed by atoms with Crippen LogP contribution in [0.2, 0.25) is 0 Å². The van der Waals surface area contributed by atoms with E-state index in [1.54, 1.807) is 0 Å². The molecular weight excluding hydrogens is 352 g/mol. The average Bonchev–Trinajstić information content (AvgIpc) is 3.03. The molecule has 1 aliphatic rings. The normalized spacial score (nSPS) is 21.0. The molecule has 2 rings (SSSR count). The van der Waals surface area contributed by atoms with Gasteiger partial charge in [-0.1, -0.05) is 0 Å². The molecule has 2 atom stereocenters. The van der Waals surface area contributed by atoms with Gasteiger partial charge in [0, 0.05) is 12.3 Å². The van der Waals surface area contributed by atoms with Crippen molar-refractivity contribution in [2.75, 3.05) is 18.6 Å². The third kappa shape index (κ3) is 4.10. The number of hydrogen-bond acceptors (Lipinski definition) is 4. The highest BCUT2D eigenvalue weighted by Gasteiger charge is 2.45. The number of pyridine rings is 1. The maximum atomic E-state index is 13.5. The molecule has 0 spiro atoms. The van der Waals surface area contributed by atoms with E-state index in [0.717, 1.165) is 28.6 Å². The number of nitrogens with zero attached hydrogens (tertiary/aromatic N) is 1. The Bertz CT molecular complexity index is 668. The minimum absolute atomic E-state index is 0.0523. The zero-order valence-electron chi connectivity index (χ0n) is 12.5. The van der Waals surface area contributed by atoms with Gasteiger partial charge in [0.2, 0.25) is 5.91 Å². The van der Waals surface area contributed by atoms with Crippen LogP contribution in [0.3, 0.4) is 0 Å². The number of thioether (sulfide) groups is 1. The summed E-state index contributed by atoms with van der Waals surface area (Å²) in [6.07, 6.45) is 1.34. The number of aliphatic hydroxyl groups excluding tert-OH is 1. The second-order valence-corrected chi connectivity index (χ2v) is 6.77. The number of amides is 1. The van der Waals surface area contributed by atoms with E-state index < -0.39 is 47.0 Å². The summed E-state index contributed by atoms with van der Waals surface area (Å²) >= 11 is 0.747. The summed E-state index contributed by atoms with van der Waals surface area (Å²) in [4.78, 5) is 23.6. The average molecular weight is 368 g/mol. The van der Waals surface area contributed by atoms with Crippen LogP contribution in [-0.2, 0) is 11.3 Å².